The maximum absolute atomic E-state index is 12.5. The number of hydrogen-bond acceptors (Lipinski definition) is 3. The van der Waals surface area contributed by atoms with Crippen LogP contribution in [0.2, 0.25) is 5.02 Å². The standard InChI is InChI=1S/C19H16ClN3O2S/c1-3-9-23-16-8-7-15(21-12(2)24)11-17(16)26-19(23)22-18(25)13-5-4-6-14(20)10-13/h3-8,10-11H,1,9H2,2H3,(H,21,24). The molecule has 3 rings (SSSR count). The van der Waals surface area contributed by atoms with Gasteiger partial charge in [-0.2, -0.15) is 4.99 Å². The lowest BCUT2D eigenvalue weighted by Crippen LogP contribution is -2.16. The molecule has 2 amide bonds. The molecule has 0 radical (unpaired) electrons. The molecule has 0 fully saturated rings. The van der Waals surface area contributed by atoms with Crippen LogP contribution in [0.1, 0.15) is 17.3 Å². The van der Waals surface area contributed by atoms with E-state index in [1.54, 1.807) is 30.3 Å². The minimum absolute atomic E-state index is 0.138. The number of allylic oxidation sites excluding steroid dienone is 1. The van der Waals surface area contributed by atoms with Crippen LogP contribution in [0.25, 0.3) is 10.2 Å². The number of nitrogens with one attached hydrogen (secondary N) is 1. The molecule has 0 bridgehead atoms. The number of anilines is 1. The van der Waals surface area contributed by atoms with Crippen LogP contribution in [-0.2, 0) is 11.3 Å². The Morgan fingerprint density at radius 3 is 2.81 bits per heavy atom. The summed E-state index contributed by atoms with van der Waals surface area (Å²) in [6.45, 7) is 5.75. The van der Waals surface area contributed by atoms with E-state index < -0.39 is 0 Å². The number of halogens is 1. The summed E-state index contributed by atoms with van der Waals surface area (Å²) in [5.41, 5.74) is 2.05. The molecule has 0 unspecified atom stereocenters. The Hall–Kier alpha value is -2.70. The average molecular weight is 386 g/mol. The molecule has 1 heterocycles. The Morgan fingerprint density at radius 1 is 1.31 bits per heavy atom. The van der Waals surface area contributed by atoms with Gasteiger partial charge in [0.25, 0.3) is 5.91 Å². The lowest BCUT2D eigenvalue weighted by molar-refractivity contribution is -0.114. The predicted octanol–water partition coefficient (Wildman–Crippen LogP) is 4.24. The summed E-state index contributed by atoms with van der Waals surface area (Å²) in [4.78, 5) is 28.6. The number of amides is 2. The van der Waals surface area contributed by atoms with E-state index in [2.05, 4.69) is 16.9 Å². The summed E-state index contributed by atoms with van der Waals surface area (Å²) in [5.74, 6) is -0.500. The maximum atomic E-state index is 12.5. The molecule has 1 aromatic heterocycles. The van der Waals surface area contributed by atoms with Gasteiger partial charge in [0.1, 0.15) is 0 Å². The van der Waals surface area contributed by atoms with Gasteiger partial charge in [0.2, 0.25) is 5.91 Å². The van der Waals surface area contributed by atoms with Crippen molar-refractivity contribution in [2.75, 3.05) is 5.32 Å². The van der Waals surface area contributed by atoms with Crippen molar-refractivity contribution in [3.8, 4) is 0 Å². The van der Waals surface area contributed by atoms with Gasteiger partial charge in [0.15, 0.2) is 4.80 Å². The van der Waals surface area contributed by atoms with E-state index in [1.807, 2.05) is 22.8 Å². The number of fused-ring (bicyclic) bond motifs is 1. The van der Waals surface area contributed by atoms with E-state index in [1.165, 1.54) is 18.3 Å². The maximum Gasteiger partial charge on any atom is 0.279 e. The summed E-state index contributed by atoms with van der Waals surface area (Å²) in [6.07, 6.45) is 1.75. The summed E-state index contributed by atoms with van der Waals surface area (Å²) in [7, 11) is 0. The quantitative estimate of drug-likeness (QED) is 0.682. The van der Waals surface area contributed by atoms with Crippen LogP contribution in [0.15, 0.2) is 60.1 Å². The first kappa shape index (κ1) is 18.1. The fourth-order valence-electron chi connectivity index (χ4n) is 2.52. The molecular weight excluding hydrogens is 370 g/mol. The topological polar surface area (TPSA) is 63.5 Å². The highest BCUT2D eigenvalue weighted by atomic mass is 35.5. The molecule has 0 aliphatic rings. The fraction of sp³-hybridized carbons (Fsp3) is 0.105. The highest BCUT2D eigenvalue weighted by Crippen LogP contribution is 2.22. The van der Waals surface area contributed by atoms with E-state index in [0.29, 0.717) is 27.6 Å². The molecule has 7 heteroatoms. The van der Waals surface area contributed by atoms with Crippen molar-refractivity contribution >= 4 is 50.7 Å². The second-order valence-electron chi connectivity index (χ2n) is 5.57. The number of nitrogens with zero attached hydrogens (tertiary/aromatic N) is 2. The lowest BCUT2D eigenvalue weighted by atomic mass is 10.2. The van der Waals surface area contributed by atoms with Gasteiger partial charge in [-0.05, 0) is 36.4 Å². The number of rotatable bonds is 4. The Morgan fingerprint density at radius 2 is 2.12 bits per heavy atom. The van der Waals surface area contributed by atoms with E-state index in [-0.39, 0.29) is 11.8 Å². The van der Waals surface area contributed by atoms with Gasteiger partial charge in [-0.3, -0.25) is 9.59 Å². The third-order valence-corrected chi connectivity index (χ3v) is 4.86. The molecule has 0 atom stereocenters. The van der Waals surface area contributed by atoms with Gasteiger partial charge in [-0.15, -0.1) is 6.58 Å². The van der Waals surface area contributed by atoms with Crippen molar-refractivity contribution in [1.82, 2.24) is 4.57 Å². The van der Waals surface area contributed by atoms with E-state index in [9.17, 15) is 9.59 Å². The lowest BCUT2D eigenvalue weighted by Gasteiger charge is -2.03. The van der Waals surface area contributed by atoms with Crippen LogP contribution in [0.3, 0.4) is 0 Å². The molecule has 2 aromatic carbocycles. The number of carbonyl (C=O) groups excluding carboxylic acids is 2. The smallest absolute Gasteiger partial charge is 0.279 e. The van der Waals surface area contributed by atoms with E-state index >= 15 is 0 Å². The summed E-state index contributed by atoms with van der Waals surface area (Å²) < 4.78 is 2.82. The van der Waals surface area contributed by atoms with Crippen LogP contribution in [0.4, 0.5) is 5.69 Å². The van der Waals surface area contributed by atoms with Gasteiger partial charge in [-0.1, -0.05) is 35.1 Å². The Labute approximate surface area is 159 Å². The minimum atomic E-state index is -0.362. The Kier molecular flexibility index (Phi) is 5.35. The number of benzene rings is 2. The van der Waals surface area contributed by atoms with Crippen LogP contribution in [0, 0.1) is 0 Å². The Balaban J connectivity index is 2.11. The molecule has 0 aliphatic carbocycles. The number of carbonyl (C=O) groups is 2. The second kappa shape index (κ2) is 7.68. The van der Waals surface area contributed by atoms with E-state index in [4.69, 9.17) is 11.6 Å². The largest absolute Gasteiger partial charge is 0.326 e. The van der Waals surface area contributed by atoms with Crippen molar-refractivity contribution in [3.05, 3.63) is 70.5 Å². The van der Waals surface area contributed by atoms with Gasteiger partial charge < -0.3 is 9.88 Å². The SMILES string of the molecule is C=CCn1c(=NC(=O)c2cccc(Cl)c2)sc2cc(NC(C)=O)ccc21. The normalized spacial score (nSPS) is 11.5. The van der Waals surface area contributed by atoms with Gasteiger partial charge in [0.05, 0.1) is 10.2 Å². The minimum Gasteiger partial charge on any atom is -0.326 e. The second-order valence-corrected chi connectivity index (χ2v) is 7.02. The third-order valence-electron chi connectivity index (χ3n) is 3.58. The van der Waals surface area contributed by atoms with Gasteiger partial charge in [0, 0.05) is 29.7 Å². The van der Waals surface area contributed by atoms with Crippen molar-refractivity contribution in [2.45, 2.75) is 13.5 Å². The monoisotopic (exact) mass is 385 g/mol. The molecular formula is C19H16ClN3O2S. The van der Waals surface area contributed by atoms with Gasteiger partial charge >= 0.3 is 0 Å². The highest BCUT2D eigenvalue weighted by Gasteiger charge is 2.10. The predicted molar refractivity (Wildman–Crippen MR) is 106 cm³/mol. The molecule has 132 valence electrons. The molecule has 0 saturated carbocycles. The first-order valence-corrected chi connectivity index (χ1v) is 9.04. The zero-order valence-corrected chi connectivity index (χ0v) is 15.6. The fourth-order valence-corrected chi connectivity index (χ4v) is 3.79. The summed E-state index contributed by atoms with van der Waals surface area (Å²) in [6, 6.07) is 12.3. The van der Waals surface area contributed by atoms with Crippen LogP contribution in [0.5, 0.6) is 0 Å². The molecule has 5 nitrogen and oxygen atoms in total. The Bertz CT molecular complexity index is 1080. The average Bonchev–Trinajstić information content (AvgIpc) is 2.91. The third kappa shape index (κ3) is 3.92. The van der Waals surface area contributed by atoms with Crippen molar-refractivity contribution in [1.29, 1.82) is 0 Å². The van der Waals surface area contributed by atoms with Crippen LogP contribution >= 0.6 is 22.9 Å². The van der Waals surface area contributed by atoms with Crippen molar-refractivity contribution in [3.63, 3.8) is 0 Å². The number of hydrogen-bond donors (Lipinski definition) is 1. The number of aromatic nitrogens is 1. The zero-order valence-electron chi connectivity index (χ0n) is 14.0. The first-order chi connectivity index (χ1) is 12.5. The molecule has 0 aliphatic heterocycles. The molecule has 0 saturated heterocycles. The summed E-state index contributed by atoms with van der Waals surface area (Å²) in [5, 5.41) is 3.24. The molecule has 1 N–H and O–H groups in total. The molecule has 26 heavy (non-hydrogen) atoms. The summed E-state index contributed by atoms with van der Waals surface area (Å²) >= 11 is 7.33. The van der Waals surface area contributed by atoms with Crippen molar-refractivity contribution < 1.29 is 9.59 Å². The zero-order chi connectivity index (χ0) is 18.7. The number of thiazole rings is 1. The van der Waals surface area contributed by atoms with Gasteiger partial charge in [-0.25, -0.2) is 0 Å². The molecule has 0 spiro atoms. The van der Waals surface area contributed by atoms with E-state index in [0.717, 1.165) is 10.2 Å². The van der Waals surface area contributed by atoms with Crippen molar-refractivity contribution in [2.24, 2.45) is 4.99 Å². The van der Waals surface area contributed by atoms with Crippen LogP contribution in [-0.4, -0.2) is 16.4 Å². The molecule has 3 aromatic rings. The first-order valence-electron chi connectivity index (χ1n) is 7.84. The van der Waals surface area contributed by atoms with Crippen LogP contribution < -0.4 is 10.1 Å². The highest BCUT2D eigenvalue weighted by molar-refractivity contribution is 7.16.